The minimum Gasteiger partial charge on any atom is -0.494 e. The molecule has 1 unspecified atom stereocenters. The molecule has 3 aliphatic rings. The molecule has 2 amide bonds. The lowest BCUT2D eigenvalue weighted by molar-refractivity contribution is -0.132. The number of piperazine rings is 1. The monoisotopic (exact) mass is 546 g/mol. The zero-order valence-corrected chi connectivity index (χ0v) is 22.6. The van der Waals surface area contributed by atoms with Gasteiger partial charge in [0.15, 0.2) is 5.56 Å². The van der Waals surface area contributed by atoms with Crippen LogP contribution in [0.25, 0.3) is 11.7 Å². The van der Waals surface area contributed by atoms with Crippen LogP contribution in [0.1, 0.15) is 62.4 Å². The number of hydrogen-bond donors (Lipinski definition) is 2. The third-order valence-electron chi connectivity index (χ3n) is 7.69. The predicted octanol–water partition coefficient (Wildman–Crippen LogP) is 2.34. The third-order valence-corrected chi connectivity index (χ3v) is 7.69. The first-order valence-electron chi connectivity index (χ1n) is 13.7. The first kappa shape index (κ1) is 27.3. The summed E-state index contributed by atoms with van der Waals surface area (Å²) >= 11 is 0. The van der Waals surface area contributed by atoms with Gasteiger partial charge in [0.1, 0.15) is 5.65 Å². The number of rotatable bonds is 8. The first-order valence-corrected chi connectivity index (χ1v) is 13.7. The predicted molar refractivity (Wildman–Crippen MR) is 141 cm³/mol. The van der Waals surface area contributed by atoms with Crippen molar-refractivity contribution in [1.82, 2.24) is 29.3 Å². The summed E-state index contributed by atoms with van der Waals surface area (Å²) in [6.07, 6.45) is 5.99. The summed E-state index contributed by atoms with van der Waals surface area (Å²) in [4.78, 5) is 42.9. The lowest BCUT2D eigenvalue weighted by atomic mass is 9.81. The molecule has 0 radical (unpaired) electrons. The van der Waals surface area contributed by atoms with Crippen molar-refractivity contribution >= 4 is 23.5 Å². The molecule has 2 saturated carbocycles. The van der Waals surface area contributed by atoms with Gasteiger partial charge < -0.3 is 15.3 Å². The smallest absolute Gasteiger partial charge is 0.291 e. The van der Waals surface area contributed by atoms with Gasteiger partial charge in [0.2, 0.25) is 17.7 Å². The second kappa shape index (κ2) is 10.4. The van der Waals surface area contributed by atoms with Crippen molar-refractivity contribution in [2.24, 2.45) is 11.8 Å². The summed E-state index contributed by atoms with van der Waals surface area (Å²) in [6, 6.07) is -0.0732. The fourth-order valence-electron chi connectivity index (χ4n) is 5.61. The van der Waals surface area contributed by atoms with Gasteiger partial charge in [-0.15, -0.1) is 0 Å². The van der Waals surface area contributed by atoms with Crippen LogP contribution in [0.5, 0.6) is 5.88 Å². The molecule has 1 atom stereocenters. The zero-order valence-electron chi connectivity index (χ0n) is 22.6. The van der Waals surface area contributed by atoms with E-state index in [0.717, 1.165) is 17.4 Å². The molecule has 1 saturated heterocycles. The van der Waals surface area contributed by atoms with Crippen LogP contribution in [0.4, 0.5) is 8.78 Å². The van der Waals surface area contributed by atoms with E-state index < -0.39 is 23.3 Å². The van der Waals surface area contributed by atoms with Crippen molar-refractivity contribution in [3.8, 4) is 5.88 Å². The molecule has 212 valence electrons. The Morgan fingerprint density at radius 3 is 2.59 bits per heavy atom. The molecular weight excluding hydrogens is 510 g/mol. The molecule has 39 heavy (non-hydrogen) atoms. The van der Waals surface area contributed by atoms with E-state index in [-0.39, 0.29) is 48.2 Å². The number of carbonyl (C=O) groups excluding carboxylic acids is 2. The van der Waals surface area contributed by atoms with Gasteiger partial charge in [-0.1, -0.05) is 13.8 Å². The quantitative estimate of drug-likeness (QED) is 0.492. The summed E-state index contributed by atoms with van der Waals surface area (Å²) in [6.45, 7) is 8.51. The molecule has 2 N–H and O–H groups in total. The number of aromatic hydroxyl groups is 1. The van der Waals surface area contributed by atoms with E-state index in [2.05, 4.69) is 15.3 Å². The van der Waals surface area contributed by atoms with Crippen molar-refractivity contribution in [3.63, 3.8) is 0 Å². The number of hydrogen-bond acceptors (Lipinski definition) is 6. The van der Waals surface area contributed by atoms with E-state index in [1.54, 1.807) is 11.0 Å². The van der Waals surface area contributed by atoms with E-state index in [4.69, 9.17) is 0 Å². The molecule has 12 heteroatoms. The number of carbonyl (C=O) groups is 2. The van der Waals surface area contributed by atoms with Gasteiger partial charge in [-0.2, -0.15) is 9.61 Å². The van der Waals surface area contributed by atoms with Gasteiger partial charge in [0.25, 0.3) is 11.5 Å². The van der Waals surface area contributed by atoms with Crippen molar-refractivity contribution < 1.29 is 23.5 Å². The maximum absolute atomic E-state index is 13.2. The summed E-state index contributed by atoms with van der Waals surface area (Å²) in [7, 11) is 0. The van der Waals surface area contributed by atoms with E-state index >= 15 is 0 Å². The van der Waals surface area contributed by atoms with Gasteiger partial charge in [-0.3, -0.25) is 23.9 Å². The summed E-state index contributed by atoms with van der Waals surface area (Å²) in [5.41, 5.74) is -0.307. The fraction of sp³-hybridized carbons (Fsp3) is 0.630. The van der Waals surface area contributed by atoms with Crippen LogP contribution < -0.4 is 10.9 Å². The number of halogens is 2. The molecular formula is C27H36F2N6O4. The number of alkyl halides is 2. The van der Waals surface area contributed by atoms with Crippen LogP contribution in [-0.2, 0) is 11.3 Å². The van der Waals surface area contributed by atoms with Crippen molar-refractivity contribution in [2.75, 3.05) is 26.2 Å². The molecule has 0 spiro atoms. The van der Waals surface area contributed by atoms with Crippen molar-refractivity contribution in [3.05, 3.63) is 33.8 Å². The Labute approximate surface area is 225 Å². The Hall–Kier alpha value is -3.28. The van der Waals surface area contributed by atoms with Crippen LogP contribution in [0.15, 0.2) is 17.1 Å². The second-order valence-electron chi connectivity index (χ2n) is 11.7. The molecule has 3 heterocycles. The minimum absolute atomic E-state index is 0.00474. The Morgan fingerprint density at radius 2 is 1.97 bits per heavy atom. The van der Waals surface area contributed by atoms with E-state index in [1.165, 1.54) is 16.8 Å². The number of amides is 2. The molecule has 0 bridgehead atoms. The molecule has 3 fully saturated rings. The molecule has 2 aliphatic carbocycles. The second-order valence-corrected chi connectivity index (χ2v) is 11.7. The highest BCUT2D eigenvalue weighted by molar-refractivity contribution is 5.97. The van der Waals surface area contributed by atoms with Crippen LogP contribution in [0.2, 0.25) is 0 Å². The molecule has 2 aromatic heterocycles. The van der Waals surface area contributed by atoms with Crippen LogP contribution in [0, 0.1) is 11.8 Å². The topological polar surface area (TPSA) is 112 Å². The van der Waals surface area contributed by atoms with Gasteiger partial charge in [0, 0.05) is 69.3 Å². The van der Waals surface area contributed by atoms with E-state index in [1.807, 2.05) is 20.8 Å². The standard InChI is InChI=1S/C27H36F2N6O4/c1-16(2)13-34-24-19(12-30-35(24)26(39)22(25(34)38)23(37)31-20-5-6-20)4-7-21(36)33-9-8-32(14-17(33)3)15-18-10-27(28,29)11-18/h4,7,12,16-18,20,38H,5-6,8-11,13-15H2,1-3H3,(H,31,37). The Morgan fingerprint density at radius 1 is 1.26 bits per heavy atom. The normalized spacial score (nSPS) is 22.1. The van der Waals surface area contributed by atoms with Gasteiger partial charge >= 0.3 is 0 Å². The Bertz CT molecular complexity index is 1350. The average molecular weight is 547 g/mol. The maximum atomic E-state index is 13.2. The van der Waals surface area contributed by atoms with E-state index in [0.29, 0.717) is 43.9 Å². The molecule has 10 nitrogen and oxygen atoms in total. The van der Waals surface area contributed by atoms with Gasteiger partial charge in [0.05, 0.1) is 6.20 Å². The summed E-state index contributed by atoms with van der Waals surface area (Å²) < 4.78 is 29.0. The maximum Gasteiger partial charge on any atom is 0.291 e. The summed E-state index contributed by atoms with van der Waals surface area (Å²) in [5.74, 6) is -3.70. The largest absolute Gasteiger partial charge is 0.494 e. The number of nitrogens with one attached hydrogen (secondary N) is 1. The third kappa shape index (κ3) is 5.70. The molecule has 2 aromatic rings. The molecule has 1 aliphatic heterocycles. The SMILES string of the molecule is CC(C)Cn1c(O)c(C(=O)NC2CC2)c(=O)n2ncc(C=CC(=O)N3CCN(CC4CC(F)(F)C4)CC3C)c12. The lowest BCUT2D eigenvalue weighted by Crippen LogP contribution is -2.55. The Kier molecular flexibility index (Phi) is 7.25. The molecule has 0 aromatic carbocycles. The van der Waals surface area contributed by atoms with Crippen molar-refractivity contribution in [1.29, 1.82) is 0 Å². The zero-order chi connectivity index (χ0) is 28.1. The number of fused-ring (bicyclic) bond motifs is 1. The average Bonchev–Trinajstić information content (AvgIpc) is 3.54. The Balaban J connectivity index is 1.34. The highest BCUT2D eigenvalue weighted by Gasteiger charge is 2.46. The van der Waals surface area contributed by atoms with Crippen LogP contribution in [-0.4, -0.2) is 85.1 Å². The summed E-state index contributed by atoms with van der Waals surface area (Å²) in [5, 5.41) is 18.0. The van der Waals surface area contributed by atoms with Crippen molar-refractivity contribution in [2.45, 2.75) is 71.0 Å². The molecule has 5 rings (SSSR count). The number of nitrogens with zero attached hydrogens (tertiary/aromatic N) is 5. The highest BCUT2D eigenvalue weighted by Crippen LogP contribution is 2.42. The first-order chi connectivity index (χ1) is 18.4. The fourth-order valence-corrected chi connectivity index (χ4v) is 5.61. The van der Waals surface area contributed by atoms with Gasteiger partial charge in [-0.25, -0.2) is 8.78 Å². The van der Waals surface area contributed by atoms with Crippen LogP contribution >= 0.6 is 0 Å². The van der Waals surface area contributed by atoms with Crippen LogP contribution in [0.3, 0.4) is 0 Å². The van der Waals surface area contributed by atoms with E-state index in [9.17, 15) is 28.3 Å². The number of aromatic nitrogens is 3. The minimum atomic E-state index is -2.53. The highest BCUT2D eigenvalue weighted by atomic mass is 19.3. The lowest BCUT2D eigenvalue weighted by Gasteiger charge is -2.43. The van der Waals surface area contributed by atoms with Gasteiger partial charge in [-0.05, 0) is 37.7 Å².